The lowest BCUT2D eigenvalue weighted by molar-refractivity contribution is -0.137. The van der Waals surface area contributed by atoms with Crippen LogP contribution in [0.2, 0.25) is 0 Å². The predicted octanol–water partition coefficient (Wildman–Crippen LogP) is 2.00. The predicted molar refractivity (Wildman–Crippen MR) is 85.4 cm³/mol. The number of hydrazine groups is 1. The van der Waals surface area contributed by atoms with Crippen LogP contribution in [0.4, 0.5) is 23.7 Å². The second-order valence-electron chi connectivity index (χ2n) is 6.16. The number of ether oxygens (including phenoxy) is 1. The van der Waals surface area contributed by atoms with Crippen LogP contribution in [0.1, 0.15) is 26.3 Å². The normalized spacial score (nSPS) is 12.9. The molecule has 0 saturated heterocycles. The molecular formula is C15H21F3N4O3. The highest BCUT2D eigenvalue weighted by Gasteiger charge is 2.30. The zero-order chi connectivity index (χ0) is 19.3. The van der Waals surface area contributed by atoms with Crippen LogP contribution >= 0.6 is 0 Å². The van der Waals surface area contributed by atoms with E-state index in [0.717, 1.165) is 12.1 Å². The highest BCUT2D eigenvalue weighted by Crippen LogP contribution is 2.29. The van der Waals surface area contributed by atoms with Gasteiger partial charge in [-0.3, -0.25) is 10.2 Å². The molecule has 0 spiro atoms. The van der Waals surface area contributed by atoms with E-state index in [9.17, 15) is 22.8 Å². The molecule has 7 nitrogen and oxygen atoms in total. The second kappa shape index (κ2) is 8.06. The van der Waals surface area contributed by atoms with E-state index in [2.05, 4.69) is 10.6 Å². The summed E-state index contributed by atoms with van der Waals surface area (Å²) in [7, 11) is 0. The van der Waals surface area contributed by atoms with Gasteiger partial charge in [0.2, 0.25) is 0 Å². The van der Waals surface area contributed by atoms with Crippen molar-refractivity contribution in [3.8, 4) is 0 Å². The van der Waals surface area contributed by atoms with Gasteiger partial charge >= 0.3 is 12.3 Å². The Morgan fingerprint density at radius 1 is 1.16 bits per heavy atom. The summed E-state index contributed by atoms with van der Waals surface area (Å²) in [5, 5.41) is 5.09. The molecule has 0 unspecified atom stereocenters. The molecule has 0 bridgehead atoms. The van der Waals surface area contributed by atoms with E-state index >= 15 is 0 Å². The first-order valence-corrected chi connectivity index (χ1v) is 7.33. The number of alkyl carbamates (subject to hydrolysis) is 1. The highest BCUT2D eigenvalue weighted by atomic mass is 19.4. The summed E-state index contributed by atoms with van der Waals surface area (Å²) < 4.78 is 42.7. The van der Waals surface area contributed by atoms with Gasteiger partial charge in [0.1, 0.15) is 11.6 Å². The van der Waals surface area contributed by atoms with Crippen LogP contribution in [-0.2, 0) is 15.7 Å². The van der Waals surface area contributed by atoms with Crippen molar-refractivity contribution in [3.63, 3.8) is 0 Å². The summed E-state index contributed by atoms with van der Waals surface area (Å²) in [4.78, 5) is 23.4. The summed E-state index contributed by atoms with van der Waals surface area (Å²) >= 11 is 0. The van der Waals surface area contributed by atoms with Gasteiger partial charge in [-0.25, -0.2) is 10.6 Å². The molecule has 1 rings (SSSR count). The number of carbonyl (C=O) groups excluding carboxylic acids is 2. The van der Waals surface area contributed by atoms with Crippen LogP contribution < -0.4 is 21.9 Å². The molecule has 0 saturated carbocycles. The molecule has 0 aliphatic carbocycles. The topological polar surface area (TPSA) is 105 Å². The van der Waals surface area contributed by atoms with Crippen LogP contribution in [-0.4, -0.2) is 30.2 Å². The molecule has 140 valence electrons. The summed E-state index contributed by atoms with van der Waals surface area (Å²) in [6.45, 7) is 4.85. The maximum atomic E-state index is 12.5. The van der Waals surface area contributed by atoms with Gasteiger partial charge in [0.15, 0.2) is 0 Å². The molecular weight excluding hydrogens is 341 g/mol. The Balaban J connectivity index is 2.73. The van der Waals surface area contributed by atoms with Crippen molar-refractivity contribution < 1.29 is 27.5 Å². The number of alkyl halides is 3. The first kappa shape index (κ1) is 20.6. The lowest BCUT2D eigenvalue weighted by Gasteiger charge is -2.22. The number of carbonyl (C=O) groups is 2. The number of amides is 2. The highest BCUT2D eigenvalue weighted by molar-refractivity contribution is 5.85. The molecule has 0 fully saturated rings. The fourth-order valence-electron chi connectivity index (χ4n) is 1.77. The molecule has 0 radical (unpaired) electrons. The Hall–Kier alpha value is -2.49. The molecule has 0 heterocycles. The van der Waals surface area contributed by atoms with Gasteiger partial charge in [-0.05, 0) is 45.0 Å². The molecule has 0 aliphatic heterocycles. The lowest BCUT2D eigenvalue weighted by atomic mass is 10.2. The Morgan fingerprint density at radius 2 is 1.72 bits per heavy atom. The molecule has 5 N–H and O–H groups in total. The maximum absolute atomic E-state index is 12.5. The van der Waals surface area contributed by atoms with E-state index in [4.69, 9.17) is 10.6 Å². The van der Waals surface area contributed by atoms with Crippen molar-refractivity contribution >= 4 is 17.7 Å². The number of rotatable bonds is 5. The average molecular weight is 362 g/mol. The largest absolute Gasteiger partial charge is 0.444 e. The van der Waals surface area contributed by atoms with Gasteiger partial charge in [-0.2, -0.15) is 13.2 Å². The van der Waals surface area contributed by atoms with Gasteiger partial charge in [0, 0.05) is 5.69 Å². The second-order valence-corrected chi connectivity index (χ2v) is 6.16. The third-order valence-corrected chi connectivity index (χ3v) is 2.86. The lowest BCUT2D eigenvalue weighted by Crippen LogP contribution is -2.49. The van der Waals surface area contributed by atoms with E-state index in [1.165, 1.54) is 12.1 Å². The minimum absolute atomic E-state index is 0.182. The van der Waals surface area contributed by atoms with Crippen LogP contribution in [0.5, 0.6) is 0 Å². The summed E-state index contributed by atoms with van der Waals surface area (Å²) in [5.41, 5.74) is 0.650. The minimum atomic E-state index is -4.45. The third kappa shape index (κ3) is 7.29. The first-order chi connectivity index (χ1) is 11.4. The van der Waals surface area contributed by atoms with Gasteiger partial charge in [-0.15, -0.1) is 0 Å². The summed E-state index contributed by atoms with van der Waals surface area (Å²) in [6.07, 6.45) is -5.19. The molecule has 0 aromatic heterocycles. The maximum Gasteiger partial charge on any atom is 0.416 e. The number of nitrogens with one attached hydrogen (secondary N) is 3. The zero-order valence-electron chi connectivity index (χ0n) is 14.0. The van der Waals surface area contributed by atoms with Gasteiger partial charge in [0.25, 0.3) is 5.91 Å². The standard InChI is InChI=1S/C15H21F3N4O3/c1-14(2,3)25-13(24)20-8-11(12(23)22-19)21-10-6-4-9(5-7-10)15(16,17)18/h4-7,11,21H,8,19H2,1-3H3,(H,20,24)(H,22,23)/t11-/m0/s1. The molecule has 10 heteroatoms. The van der Waals surface area contributed by atoms with Crippen molar-refractivity contribution in [2.24, 2.45) is 5.84 Å². The monoisotopic (exact) mass is 362 g/mol. The number of hydrogen-bond acceptors (Lipinski definition) is 5. The minimum Gasteiger partial charge on any atom is -0.444 e. The summed E-state index contributed by atoms with van der Waals surface area (Å²) in [6, 6.07) is 3.09. The van der Waals surface area contributed by atoms with Crippen LogP contribution in [0.3, 0.4) is 0 Å². The molecule has 1 aromatic carbocycles. The fourth-order valence-corrected chi connectivity index (χ4v) is 1.77. The summed E-state index contributed by atoms with van der Waals surface area (Å²) in [5.74, 6) is 4.43. The number of benzene rings is 1. The Morgan fingerprint density at radius 3 is 2.16 bits per heavy atom. The smallest absolute Gasteiger partial charge is 0.416 e. The van der Waals surface area contributed by atoms with Crippen molar-refractivity contribution in [2.45, 2.75) is 38.6 Å². The number of anilines is 1. The molecule has 25 heavy (non-hydrogen) atoms. The Bertz CT molecular complexity index is 598. The molecule has 0 aliphatic rings. The Labute approximate surface area is 143 Å². The van der Waals surface area contributed by atoms with E-state index in [-0.39, 0.29) is 12.2 Å². The van der Waals surface area contributed by atoms with Gasteiger partial charge in [0.05, 0.1) is 12.1 Å². The van der Waals surface area contributed by atoms with E-state index in [1.807, 2.05) is 5.43 Å². The zero-order valence-corrected chi connectivity index (χ0v) is 14.0. The van der Waals surface area contributed by atoms with Crippen molar-refractivity contribution in [3.05, 3.63) is 29.8 Å². The fraction of sp³-hybridized carbons (Fsp3) is 0.467. The van der Waals surface area contributed by atoms with E-state index < -0.39 is 35.4 Å². The molecule has 1 atom stereocenters. The van der Waals surface area contributed by atoms with E-state index in [0.29, 0.717) is 0 Å². The van der Waals surface area contributed by atoms with Crippen LogP contribution in [0.25, 0.3) is 0 Å². The van der Waals surface area contributed by atoms with E-state index in [1.54, 1.807) is 20.8 Å². The quantitative estimate of drug-likeness (QED) is 0.364. The number of hydrogen-bond donors (Lipinski definition) is 4. The molecule has 1 aromatic rings. The average Bonchev–Trinajstić information content (AvgIpc) is 2.48. The van der Waals surface area contributed by atoms with Crippen LogP contribution in [0.15, 0.2) is 24.3 Å². The Kier molecular flexibility index (Phi) is 6.63. The first-order valence-electron chi connectivity index (χ1n) is 7.33. The number of nitrogens with two attached hydrogens (primary N) is 1. The number of halogens is 3. The molecule has 2 amide bonds. The van der Waals surface area contributed by atoms with Crippen molar-refractivity contribution in [1.29, 1.82) is 0 Å². The third-order valence-electron chi connectivity index (χ3n) is 2.86. The SMILES string of the molecule is CC(C)(C)OC(=O)NC[C@H](Nc1ccc(C(F)(F)F)cc1)C(=O)NN. The van der Waals surface area contributed by atoms with Crippen molar-refractivity contribution in [1.82, 2.24) is 10.7 Å². The van der Waals surface area contributed by atoms with Gasteiger partial charge in [-0.1, -0.05) is 0 Å². The van der Waals surface area contributed by atoms with Gasteiger partial charge < -0.3 is 15.4 Å². The van der Waals surface area contributed by atoms with Crippen LogP contribution in [0, 0.1) is 0 Å². The van der Waals surface area contributed by atoms with Crippen molar-refractivity contribution in [2.75, 3.05) is 11.9 Å².